The number of ether oxygens (including phenoxy) is 1. The molecule has 0 fully saturated rings. The van der Waals surface area contributed by atoms with Crippen molar-refractivity contribution >= 4 is 18.7 Å². The van der Waals surface area contributed by atoms with Crippen LogP contribution in [0.3, 0.4) is 0 Å². The summed E-state index contributed by atoms with van der Waals surface area (Å²) in [6.07, 6.45) is 2.29. The standard InChI is InChI=1S/C26H40O2Si/c1-21(26(6,7)27-8)19-20-22(2)28-29(25(3,4)5,23-15-11-9-12-16-23)24-17-13-10-14-18-24/h9-18,21-22H,19-20H2,1-8H3/t21-,22+/m0/s1. The van der Waals surface area contributed by atoms with E-state index in [1.54, 1.807) is 7.11 Å². The molecular formula is C26H40O2Si. The van der Waals surface area contributed by atoms with E-state index in [9.17, 15) is 0 Å². The predicted octanol–water partition coefficient (Wildman–Crippen LogP) is 5.79. The molecule has 0 radical (unpaired) electrons. The fourth-order valence-corrected chi connectivity index (χ4v) is 8.82. The maximum Gasteiger partial charge on any atom is 0.261 e. The van der Waals surface area contributed by atoms with Crippen molar-refractivity contribution in [2.45, 2.75) is 78.1 Å². The van der Waals surface area contributed by atoms with E-state index >= 15 is 0 Å². The number of benzene rings is 2. The molecule has 0 N–H and O–H groups in total. The van der Waals surface area contributed by atoms with Crippen LogP contribution in [0.15, 0.2) is 60.7 Å². The summed E-state index contributed by atoms with van der Waals surface area (Å²) in [4.78, 5) is 0. The quantitative estimate of drug-likeness (QED) is 0.485. The summed E-state index contributed by atoms with van der Waals surface area (Å²) in [5.74, 6) is 0.470. The lowest BCUT2D eigenvalue weighted by Gasteiger charge is -2.45. The van der Waals surface area contributed by atoms with Crippen LogP contribution in [-0.4, -0.2) is 27.1 Å². The second-order valence-electron chi connectivity index (χ2n) is 9.88. The van der Waals surface area contributed by atoms with Crippen molar-refractivity contribution < 1.29 is 9.16 Å². The molecular weight excluding hydrogens is 372 g/mol. The van der Waals surface area contributed by atoms with Crippen LogP contribution in [-0.2, 0) is 9.16 Å². The second kappa shape index (κ2) is 9.59. The minimum Gasteiger partial charge on any atom is -0.405 e. The maximum absolute atomic E-state index is 7.17. The summed E-state index contributed by atoms with van der Waals surface area (Å²) in [7, 11) is -0.666. The second-order valence-corrected chi connectivity index (χ2v) is 14.1. The molecule has 2 aromatic carbocycles. The van der Waals surface area contributed by atoms with Gasteiger partial charge in [-0.2, -0.15) is 0 Å². The Balaban J connectivity index is 2.38. The van der Waals surface area contributed by atoms with E-state index in [2.05, 4.69) is 109 Å². The van der Waals surface area contributed by atoms with Gasteiger partial charge in [-0.15, -0.1) is 0 Å². The molecule has 0 unspecified atom stereocenters. The van der Waals surface area contributed by atoms with Crippen molar-refractivity contribution in [2.24, 2.45) is 5.92 Å². The molecule has 0 aromatic heterocycles. The maximum atomic E-state index is 7.17. The molecule has 2 atom stereocenters. The van der Waals surface area contributed by atoms with Crippen molar-refractivity contribution in [1.82, 2.24) is 0 Å². The first-order valence-corrected chi connectivity index (χ1v) is 12.8. The third kappa shape index (κ3) is 5.39. The van der Waals surface area contributed by atoms with Gasteiger partial charge in [0.15, 0.2) is 0 Å². The highest BCUT2D eigenvalue weighted by Crippen LogP contribution is 2.38. The molecule has 0 aliphatic carbocycles. The van der Waals surface area contributed by atoms with Crippen LogP contribution in [0.5, 0.6) is 0 Å². The Kier molecular flexibility index (Phi) is 7.89. The minimum atomic E-state index is -2.47. The van der Waals surface area contributed by atoms with Gasteiger partial charge in [0.05, 0.1) is 5.60 Å². The molecule has 0 amide bonds. The van der Waals surface area contributed by atoms with Gasteiger partial charge < -0.3 is 9.16 Å². The predicted molar refractivity (Wildman–Crippen MR) is 128 cm³/mol. The van der Waals surface area contributed by atoms with Crippen molar-refractivity contribution in [3.05, 3.63) is 60.7 Å². The molecule has 0 saturated heterocycles. The van der Waals surface area contributed by atoms with Gasteiger partial charge in [0.2, 0.25) is 0 Å². The van der Waals surface area contributed by atoms with Crippen LogP contribution in [0.2, 0.25) is 5.04 Å². The van der Waals surface area contributed by atoms with E-state index in [0.29, 0.717) is 5.92 Å². The first-order valence-electron chi connectivity index (χ1n) is 10.9. The fraction of sp³-hybridized carbons (Fsp3) is 0.538. The summed E-state index contributed by atoms with van der Waals surface area (Å²) in [5, 5.41) is 2.70. The van der Waals surface area contributed by atoms with Crippen LogP contribution in [0.25, 0.3) is 0 Å². The first-order chi connectivity index (χ1) is 13.5. The van der Waals surface area contributed by atoms with E-state index in [0.717, 1.165) is 12.8 Å². The molecule has 0 heterocycles. The van der Waals surface area contributed by atoms with E-state index in [1.807, 2.05) is 0 Å². The highest BCUT2D eigenvalue weighted by Gasteiger charge is 2.50. The van der Waals surface area contributed by atoms with Gasteiger partial charge in [0.25, 0.3) is 8.32 Å². The molecule has 0 spiro atoms. The molecule has 160 valence electrons. The summed E-state index contributed by atoms with van der Waals surface area (Å²) >= 11 is 0. The summed E-state index contributed by atoms with van der Waals surface area (Å²) in [6.45, 7) is 15.9. The summed E-state index contributed by atoms with van der Waals surface area (Å²) in [6, 6.07) is 21.8. The Morgan fingerprint density at radius 3 is 1.59 bits per heavy atom. The molecule has 0 saturated carbocycles. The van der Waals surface area contributed by atoms with Crippen molar-refractivity contribution in [1.29, 1.82) is 0 Å². The lowest BCUT2D eigenvalue weighted by atomic mass is 9.88. The lowest BCUT2D eigenvalue weighted by molar-refractivity contribution is -0.0273. The number of methoxy groups -OCH3 is 1. The van der Waals surface area contributed by atoms with E-state index < -0.39 is 8.32 Å². The van der Waals surface area contributed by atoms with Gasteiger partial charge in [-0.05, 0) is 54.9 Å². The molecule has 0 aliphatic heterocycles. The summed E-state index contributed by atoms with van der Waals surface area (Å²) in [5.41, 5.74) is -0.114. The SMILES string of the molecule is COC(C)(C)[C@@H](C)CC[C@@H](C)O[Si](c1ccccc1)(c1ccccc1)C(C)(C)C. The molecule has 0 bridgehead atoms. The zero-order valence-corrected chi connectivity index (χ0v) is 20.7. The zero-order chi connectivity index (χ0) is 21.7. The number of hydrogen-bond acceptors (Lipinski definition) is 2. The van der Waals surface area contributed by atoms with E-state index in [-0.39, 0.29) is 16.7 Å². The zero-order valence-electron chi connectivity index (χ0n) is 19.7. The molecule has 3 heteroatoms. The highest BCUT2D eigenvalue weighted by molar-refractivity contribution is 6.99. The van der Waals surface area contributed by atoms with Crippen molar-refractivity contribution in [2.75, 3.05) is 7.11 Å². The Morgan fingerprint density at radius 2 is 1.21 bits per heavy atom. The van der Waals surface area contributed by atoms with E-state index in [4.69, 9.17) is 9.16 Å². The van der Waals surface area contributed by atoms with Gasteiger partial charge in [-0.3, -0.25) is 0 Å². The Morgan fingerprint density at radius 1 is 0.759 bits per heavy atom. The van der Waals surface area contributed by atoms with Crippen molar-refractivity contribution in [3.63, 3.8) is 0 Å². The molecule has 2 nitrogen and oxygen atoms in total. The molecule has 0 aliphatic rings. The van der Waals surface area contributed by atoms with Gasteiger partial charge >= 0.3 is 0 Å². The van der Waals surface area contributed by atoms with Gasteiger partial charge in [0.1, 0.15) is 0 Å². The normalized spacial score (nSPS) is 15.2. The Hall–Kier alpha value is -1.42. The Labute approximate surface area is 179 Å². The van der Waals surface area contributed by atoms with Crippen LogP contribution in [0.1, 0.15) is 61.3 Å². The average molecular weight is 413 g/mol. The topological polar surface area (TPSA) is 18.5 Å². The Bertz CT molecular complexity index is 695. The van der Waals surface area contributed by atoms with Crippen LogP contribution in [0.4, 0.5) is 0 Å². The third-order valence-electron chi connectivity index (χ3n) is 6.51. The van der Waals surface area contributed by atoms with Gasteiger partial charge in [-0.1, -0.05) is 88.4 Å². The first kappa shape index (κ1) is 23.9. The number of hydrogen-bond donors (Lipinski definition) is 0. The van der Waals surface area contributed by atoms with Crippen molar-refractivity contribution in [3.8, 4) is 0 Å². The monoisotopic (exact) mass is 412 g/mol. The van der Waals surface area contributed by atoms with Gasteiger partial charge in [-0.25, -0.2) is 0 Å². The van der Waals surface area contributed by atoms with Crippen LogP contribution in [0, 0.1) is 5.92 Å². The molecule has 29 heavy (non-hydrogen) atoms. The molecule has 2 aromatic rings. The fourth-order valence-electron chi connectivity index (χ4n) is 4.09. The van der Waals surface area contributed by atoms with E-state index in [1.165, 1.54) is 10.4 Å². The molecule has 2 rings (SSSR count). The van der Waals surface area contributed by atoms with Crippen LogP contribution >= 0.6 is 0 Å². The summed E-state index contributed by atoms with van der Waals surface area (Å²) < 4.78 is 12.9. The number of rotatable bonds is 9. The van der Waals surface area contributed by atoms with Crippen LogP contribution < -0.4 is 10.4 Å². The third-order valence-corrected chi connectivity index (χ3v) is 11.7. The highest BCUT2D eigenvalue weighted by atomic mass is 28.4. The minimum absolute atomic E-state index is 0.0153. The smallest absolute Gasteiger partial charge is 0.261 e. The largest absolute Gasteiger partial charge is 0.405 e. The lowest BCUT2D eigenvalue weighted by Crippen LogP contribution is -2.67. The van der Waals surface area contributed by atoms with Gasteiger partial charge in [0, 0.05) is 13.2 Å². The average Bonchev–Trinajstić information content (AvgIpc) is 2.70.